The van der Waals surface area contributed by atoms with Crippen molar-refractivity contribution in [3.05, 3.63) is 58.7 Å². The lowest BCUT2D eigenvalue weighted by Gasteiger charge is -2.47. The third-order valence-corrected chi connectivity index (χ3v) is 5.86. The number of fused-ring (bicyclic) bond motifs is 2. The lowest BCUT2D eigenvalue weighted by molar-refractivity contribution is 0.0582. The number of nitrogens with zero attached hydrogens (tertiary/aromatic N) is 2. The first-order valence-electron chi connectivity index (χ1n) is 10.1. The number of carbonyl (C=O) groups is 2. The van der Waals surface area contributed by atoms with Gasteiger partial charge in [0.15, 0.2) is 0 Å². The van der Waals surface area contributed by atoms with Gasteiger partial charge in [0.2, 0.25) is 0 Å². The summed E-state index contributed by atoms with van der Waals surface area (Å²) >= 11 is 0. The van der Waals surface area contributed by atoms with Gasteiger partial charge in [0, 0.05) is 24.3 Å². The summed E-state index contributed by atoms with van der Waals surface area (Å²) in [5.74, 6) is -0.0601. The van der Waals surface area contributed by atoms with E-state index in [-0.39, 0.29) is 18.0 Å². The van der Waals surface area contributed by atoms with Gasteiger partial charge in [-0.2, -0.15) is 0 Å². The quantitative estimate of drug-likeness (QED) is 0.865. The largest absolute Gasteiger partial charge is 0.351 e. The van der Waals surface area contributed by atoms with Crippen molar-refractivity contribution in [2.24, 2.45) is 0 Å². The summed E-state index contributed by atoms with van der Waals surface area (Å²) in [5, 5.41) is 3.01. The number of anilines is 2. The van der Waals surface area contributed by atoms with Crippen molar-refractivity contribution in [2.45, 2.75) is 46.2 Å². The predicted molar refractivity (Wildman–Crippen MR) is 112 cm³/mol. The summed E-state index contributed by atoms with van der Waals surface area (Å²) < 4.78 is 0. The zero-order chi connectivity index (χ0) is 19.8. The van der Waals surface area contributed by atoms with Gasteiger partial charge in [-0.05, 0) is 69.9 Å². The second-order valence-corrected chi connectivity index (χ2v) is 7.77. The normalized spacial score (nSPS) is 18.5. The second-order valence-electron chi connectivity index (χ2n) is 7.77. The molecule has 1 N–H and O–H groups in total. The number of carbonyl (C=O) groups excluding carboxylic acids is 2. The summed E-state index contributed by atoms with van der Waals surface area (Å²) in [5.41, 5.74) is 5.17. The summed E-state index contributed by atoms with van der Waals surface area (Å²) in [6, 6.07) is 11.4. The first kappa shape index (κ1) is 18.5. The molecule has 0 saturated carbocycles. The molecular weight excluding hydrogens is 350 g/mol. The topological polar surface area (TPSA) is 52.7 Å². The van der Waals surface area contributed by atoms with Crippen LogP contribution in [0.15, 0.2) is 36.4 Å². The minimum atomic E-state index is -0.149. The molecule has 0 aliphatic carbocycles. The fourth-order valence-electron chi connectivity index (χ4n) is 4.41. The van der Waals surface area contributed by atoms with Gasteiger partial charge in [0.05, 0.1) is 11.3 Å². The standard InChI is InChI=1S/C23H27N3O2/c1-4-25-20-14-17(22(27)24-19-11-8-15(2)13-16(19)3)9-10-18(20)23(28)26-12-6-5-7-21(25)26/h8-11,13-14,21H,4-7,12H2,1-3H3,(H,24,27)/t21-/m0/s1. The summed E-state index contributed by atoms with van der Waals surface area (Å²) in [4.78, 5) is 30.1. The number of hydrogen-bond acceptors (Lipinski definition) is 3. The first-order valence-corrected chi connectivity index (χ1v) is 10.1. The lowest BCUT2D eigenvalue weighted by Crippen LogP contribution is -2.57. The van der Waals surface area contributed by atoms with E-state index < -0.39 is 0 Å². The summed E-state index contributed by atoms with van der Waals surface area (Å²) in [6.45, 7) is 7.75. The zero-order valence-electron chi connectivity index (χ0n) is 16.8. The maximum absolute atomic E-state index is 13.0. The molecule has 0 unspecified atom stereocenters. The highest BCUT2D eigenvalue weighted by molar-refractivity contribution is 6.08. The molecule has 2 heterocycles. The third kappa shape index (κ3) is 3.15. The molecule has 0 bridgehead atoms. The van der Waals surface area contributed by atoms with Crippen molar-refractivity contribution in [1.29, 1.82) is 0 Å². The second kappa shape index (κ2) is 7.30. The molecule has 0 spiro atoms. The van der Waals surface area contributed by atoms with Crippen LogP contribution in [0.1, 0.15) is 58.0 Å². The van der Waals surface area contributed by atoms with Crippen LogP contribution in [0.3, 0.4) is 0 Å². The number of nitrogens with one attached hydrogen (secondary N) is 1. The van der Waals surface area contributed by atoms with E-state index in [0.29, 0.717) is 11.1 Å². The highest BCUT2D eigenvalue weighted by atomic mass is 16.2. The molecule has 2 aliphatic rings. The van der Waals surface area contributed by atoms with E-state index in [0.717, 1.165) is 49.3 Å². The number of rotatable bonds is 3. The van der Waals surface area contributed by atoms with Crippen molar-refractivity contribution in [1.82, 2.24) is 4.90 Å². The highest BCUT2D eigenvalue weighted by Gasteiger charge is 2.38. The van der Waals surface area contributed by atoms with Gasteiger partial charge < -0.3 is 15.1 Å². The Hall–Kier alpha value is -2.82. The molecule has 2 aliphatic heterocycles. The minimum Gasteiger partial charge on any atom is -0.351 e. The fourth-order valence-corrected chi connectivity index (χ4v) is 4.41. The van der Waals surface area contributed by atoms with Crippen LogP contribution in [0.4, 0.5) is 11.4 Å². The summed E-state index contributed by atoms with van der Waals surface area (Å²) in [7, 11) is 0. The van der Waals surface area contributed by atoms with E-state index in [9.17, 15) is 9.59 Å². The van der Waals surface area contributed by atoms with Crippen LogP contribution in [0.25, 0.3) is 0 Å². The molecule has 2 aromatic rings. The molecule has 4 rings (SSSR count). The van der Waals surface area contributed by atoms with Crippen LogP contribution in [-0.2, 0) is 0 Å². The molecule has 1 atom stereocenters. The van der Waals surface area contributed by atoms with Crippen molar-refractivity contribution in [2.75, 3.05) is 23.3 Å². The molecule has 1 saturated heterocycles. The van der Waals surface area contributed by atoms with Gasteiger partial charge >= 0.3 is 0 Å². The average Bonchev–Trinajstić information content (AvgIpc) is 2.70. The Kier molecular flexibility index (Phi) is 4.84. The van der Waals surface area contributed by atoms with Gasteiger partial charge in [-0.1, -0.05) is 17.7 Å². The van der Waals surface area contributed by atoms with Crippen LogP contribution < -0.4 is 10.2 Å². The molecule has 0 radical (unpaired) electrons. The molecule has 2 aromatic carbocycles. The van der Waals surface area contributed by atoms with Crippen LogP contribution in [0, 0.1) is 13.8 Å². The van der Waals surface area contributed by atoms with E-state index in [1.165, 1.54) is 5.56 Å². The molecule has 5 nitrogen and oxygen atoms in total. The maximum Gasteiger partial charge on any atom is 0.257 e. The van der Waals surface area contributed by atoms with E-state index in [4.69, 9.17) is 0 Å². The van der Waals surface area contributed by atoms with Gasteiger partial charge in [-0.25, -0.2) is 0 Å². The molecule has 5 heteroatoms. The van der Waals surface area contributed by atoms with E-state index in [2.05, 4.69) is 23.2 Å². The summed E-state index contributed by atoms with van der Waals surface area (Å²) in [6.07, 6.45) is 3.29. The first-order chi connectivity index (χ1) is 13.5. The predicted octanol–water partition coefficient (Wildman–Crippen LogP) is 4.35. The van der Waals surface area contributed by atoms with E-state index in [1.54, 1.807) is 6.07 Å². The maximum atomic E-state index is 13.0. The third-order valence-electron chi connectivity index (χ3n) is 5.86. The van der Waals surface area contributed by atoms with Gasteiger partial charge in [0.25, 0.3) is 11.8 Å². The Morgan fingerprint density at radius 1 is 1.14 bits per heavy atom. The molecule has 0 aromatic heterocycles. The van der Waals surface area contributed by atoms with Crippen LogP contribution in [0.5, 0.6) is 0 Å². The SMILES string of the molecule is CCN1c2cc(C(=O)Nc3ccc(C)cc3C)ccc2C(=O)N2CCCC[C@H]21. The monoisotopic (exact) mass is 377 g/mol. The number of hydrogen-bond donors (Lipinski definition) is 1. The lowest BCUT2D eigenvalue weighted by atomic mass is 9.97. The number of piperidine rings is 1. The zero-order valence-corrected chi connectivity index (χ0v) is 16.8. The fraction of sp³-hybridized carbons (Fsp3) is 0.391. The number of benzene rings is 2. The Labute approximate surface area is 166 Å². The van der Waals surface area contributed by atoms with Crippen LogP contribution in [0.2, 0.25) is 0 Å². The van der Waals surface area contributed by atoms with E-state index >= 15 is 0 Å². The number of amides is 2. The smallest absolute Gasteiger partial charge is 0.257 e. The Morgan fingerprint density at radius 2 is 1.96 bits per heavy atom. The van der Waals surface area contributed by atoms with Crippen molar-refractivity contribution < 1.29 is 9.59 Å². The molecular formula is C23H27N3O2. The number of aryl methyl sites for hydroxylation is 2. The average molecular weight is 377 g/mol. The molecule has 2 amide bonds. The van der Waals surface area contributed by atoms with Gasteiger partial charge in [0.1, 0.15) is 6.17 Å². The van der Waals surface area contributed by atoms with Crippen molar-refractivity contribution in [3.8, 4) is 0 Å². The van der Waals surface area contributed by atoms with E-state index in [1.807, 2.05) is 43.0 Å². The van der Waals surface area contributed by atoms with Crippen molar-refractivity contribution >= 4 is 23.2 Å². The van der Waals surface area contributed by atoms with Gasteiger partial charge in [-0.15, -0.1) is 0 Å². The Bertz CT molecular complexity index is 937. The molecule has 1 fully saturated rings. The van der Waals surface area contributed by atoms with Crippen molar-refractivity contribution in [3.63, 3.8) is 0 Å². The minimum absolute atomic E-state index is 0.0886. The molecule has 146 valence electrons. The Morgan fingerprint density at radius 3 is 2.71 bits per heavy atom. The molecule has 28 heavy (non-hydrogen) atoms. The van der Waals surface area contributed by atoms with Crippen LogP contribution >= 0.6 is 0 Å². The van der Waals surface area contributed by atoms with Gasteiger partial charge in [-0.3, -0.25) is 9.59 Å². The Balaban J connectivity index is 1.66. The van der Waals surface area contributed by atoms with Crippen LogP contribution in [-0.4, -0.2) is 36.0 Å². The highest BCUT2D eigenvalue weighted by Crippen LogP contribution is 2.35.